The summed E-state index contributed by atoms with van der Waals surface area (Å²) >= 11 is 15.6. The number of carbonyl (C=O) groups is 2. The second-order valence-corrected chi connectivity index (χ2v) is 16.7. The fourth-order valence-corrected chi connectivity index (χ4v) is 8.75. The Balaban J connectivity index is 0.891. The third-order valence-electron chi connectivity index (χ3n) is 8.31. The molecule has 0 saturated carbocycles. The van der Waals surface area contributed by atoms with E-state index in [-0.39, 0.29) is 42.3 Å². The average Bonchev–Trinajstić information content (AvgIpc) is 3.13. The predicted octanol–water partition coefficient (Wildman–Crippen LogP) is 8.83. The van der Waals surface area contributed by atoms with Crippen LogP contribution in [0, 0.1) is 5.41 Å². The number of carbonyl (C=O) groups excluding carboxylic acids is 2. The van der Waals surface area contributed by atoms with Crippen LogP contribution >= 0.6 is 45.9 Å². The van der Waals surface area contributed by atoms with E-state index in [1.54, 1.807) is 50.2 Å². The lowest BCUT2D eigenvalue weighted by Gasteiger charge is -2.26. The molecule has 6 rings (SSSR count). The van der Waals surface area contributed by atoms with Crippen LogP contribution in [0.4, 0.5) is 0 Å². The van der Waals surface area contributed by atoms with Gasteiger partial charge in [-0.2, -0.15) is 0 Å². The normalized spacial score (nSPS) is 12.9. The Kier molecular flexibility index (Phi) is 13.0. The lowest BCUT2D eigenvalue weighted by atomic mass is 9.96. The second kappa shape index (κ2) is 17.7. The van der Waals surface area contributed by atoms with Crippen molar-refractivity contribution in [1.29, 1.82) is 0 Å². The minimum absolute atomic E-state index is 0.150. The van der Waals surface area contributed by atoms with Crippen molar-refractivity contribution in [2.24, 2.45) is 5.41 Å². The van der Waals surface area contributed by atoms with Gasteiger partial charge in [-0.1, -0.05) is 61.3 Å². The summed E-state index contributed by atoms with van der Waals surface area (Å²) in [7, 11) is 0. The number of fused-ring (bicyclic) bond motifs is 4. The number of halogens is 2. The van der Waals surface area contributed by atoms with Crippen molar-refractivity contribution in [2.75, 3.05) is 39.6 Å². The fourth-order valence-electron chi connectivity index (χ4n) is 5.80. The van der Waals surface area contributed by atoms with E-state index in [4.69, 9.17) is 51.6 Å². The molecule has 0 amide bonds. The molecule has 2 aromatic heterocycles. The molecule has 0 N–H and O–H groups in total. The first kappa shape index (κ1) is 40.4. The van der Waals surface area contributed by atoms with Crippen molar-refractivity contribution in [2.45, 2.75) is 39.9 Å². The molecule has 0 aliphatic rings. The lowest BCUT2D eigenvalue weighted by molar-refractivity contribution is -0.154. The molecular formula is C41H38Cl2O10S2. The maximum atomic E-state index is 13.1. The molecule has 0 radical (unpaired) electrons. The molecule has 2 atom stereocenters. The summed E-state index contributed by atoms with van der Waals surface area (Å²) in [4.78, 5) is 51.2. The van der Waals surface area contributed by atoms with Crippen molar-refractivity contribution >= 4 is 98.2 Å². The highest BCUT2D eigenvalue weighted by atomic mass is 35.5. The highest BCUT2D eigenvalue weighted by Gasteiger charge is 2.22. The molecule has 288 valence electrons. The van der Waals surface area contributed by atoms with Gasteiger partial charge in [-0.3, -0.25) is 9.59 Å². The molecular weight excluding hydrogens is 787 g/mol. The Morgan fingerprint density at radius 3 is 1.84 bits per heavy atom. The van der Waals surface area contributed by atoms with E-state index in [1.807, 2.05) is 44.2 Å². The minimum atomic E-state index is -0.586. The summed E-state index contributed by atoms with van der Waals surface area (Å²) < 4.78 is 36.9. The Morgan fingerprint density at radius 2 is 1.22 bits per heavy atom. The van der Waals surface area contributed by atoms with Crippen LogP contribution in [-0.4, -0.2) is 63.8 Å². The van der Waals surface area contributed by atoms with E-state index in [1.165, 1.54) is 28.7 Å². The van der Waals surface area contributed by atoms with E-state index in [9.17, 15) is 19.2 Å². The molecule has 0 spiro atoms. The van der Waals surface area contributed by atoms with Crippen molar-refractivity contribution in [3.63, 3.8) is 0 Å². The first-order chi connectivity index (χ1) is 26.3. The average molecular weight is 826 g/mol. The highest BCUT2D eigenvalue weighted by molar-refractivity contribution is 7.25. The molecule has 4 aromatic carbocycles. The topological polar surface area (TPSA) is 124 Å². The minimum Gasteiger partial charge on any atom is -0.482 e. The molecule has 10 nitrogen and oxygen atoms in total. The summed E-state index contributed by atoms with van der Waals surface area (Å²) in [6.45, 7) is 7.59. The summed E-state index contributed by atoms with van der Waals surface area (Å²) in [6, 6.07) is 21.0. The molecule has 6 aromatic rings. The summed E-state index contributed by atoms with van der Waals surface area (Å²) in [5.74, 6) is -0.446. The zero-order chi connectivity index (χ0) is 39.3. The number of ether oxygens (including phenoxy) is 6. The van der Waals surface area contributed by atoms with Crippen LogP contribution in [0.5, 0.6) is 11.5 Å². The van der Waals surface area contributed by atoms with Gasteiger partial charge in [0.05, 0.1) is 51.9 Å². The molecule has 55 heavy (non-hydrogen) atoms. The predicted molar refractivity (Wildman–Crippen MR) is 219 cm³/mol. The Bertz CT molecular complexity index is 2500. The van der Waals surface area contributed by atoms with Crippen LogP contribution in [0.1, 0.15) is 27.7 Å². The van der Waals surface area contributed by atoms with Crippen LogP contribution < -0.4 is 20.3 Å². The molecule has 14 heteroatoms. The van der Waals surface area contributed by atoms with Gasteiger partial charge in [-0.15, -0.1) is 22.7 Å². The smallest absolute Gasteiger partial charge is 0.344 e. The van der Waals surface area contributed by atoms with Gasteiger partial charge < -0.3 is 28.4 Å². The maximum absolute atomic E-state index is 13.1. The number of rotatable bonds is 16. The summed E-state index contributed by atoms with van der Waals surface area (Å²) in [6.07, 6.45) is -1.09. The van der Waals surface area contributed by atoms with Gasteiger partial charge in [0.15, 0.2) is 24.1 Å². The van der Waals surface area contributed by atoms with E-state index in [0.29, 0.717) is 60.7 Å². The number of hydrogen-bond acceptors (Lipinski definition) is 12. The van der Waals surface area contributed by atoms with E-state index in [0.717, 1.165) is 9.40 Å². The third kappa shape index (κ3) is 9.93. The van der Waals surface area contributed by atoms with Crippen molar-refractivity contribution in [3.8, 4) is 11.5 Å². The Morgan fingerprint density at radius 1 is 0.673 bits per heavy atom. The summed E-state index contributed by atoms with van der Waals surface area (Å²) in [5, 5.41) is 2.51. The van der Waals surface area contributed by atoms with Crippen molar-refractivity contribution in [3.05, 3.63) is 103 Å². The number of esters is 2. The van der Waals surface area contributed by atoms with E-state index < -0.39 is 29.6 Å². The van der Waals surface area contributed by atoms with Crippen LogP contribution in [0.3, 0.4) is 0 Å². The van der Waals surface area contributed by atoms with E-state index >= 15 is 0 Å². The van der Waals surface area contributed by atoms with Gasteiger partial charge in [0.25, 0.3) is 0 Å². The van der Waals surface area contributed by atoms with Gasteiger partial charge in [0.1, 0.15) is 23.7 Å². The van der Waals surface area contributed by atoms with Gasteiger partial charge in [-0.25, -0.2) is 9.59 Å². The Labute approximate surface area is 334 Å². The lowest BCUT2D eigenvalue weighted by Crippen LogP contribution is -2.31. The molecule has 0 aliphatic carbocycles. The van der Waals surface area contributed by atoms with Gasteiger partial charge in [0.2, 0.25) is 0 Å². The number of hydrogen-bond donors (Lipinski definition) is 0. The molecule has 2 unspecified atom stereocenters. The standard InChI is InChI=1S/C41H38Cl2O10S2/c1-23(52-34(44)19-50-25-15-29(43)36-33(16-25)54-31-11-7-5-9-26(31)38(36)46)17-48-21-41(3,4)22-49-18-24(2)53-35(45)20-51-30-14-13-28(42)37-39(47)27-10-6-8-12-32(27)55-40(30)37/h5-16,23-24H,17-22H2,1-4H3. The molecule has 0 bridgehead atoms. The first-order valence-corrected chi connectivity index (χ1v) is 19.8. The number of benzene rings is 4. The van der Waals surface area contributed by atoms with Crippen LogP contribution in [0.2, 0.25) is 10.0 Å². The van der Waals surface area contributed by atoms with Crippen molar-refractivity contribution < 1.29 is 38.0 Å². The second-order valence-electron chi connectivity index (χ2n) is 13.8. The zero-order valence-corrected chi connectivity index (χ0v) is 33.6. The van der Waals surface area contributed by atoms with Gasteiger partial charge in [0, 0.05) is 30.3 Å². The molecule has 0 aliphatic heterocycles. The van der Waals surface area contributed by atoms with E-state index in [2.05, 4.69) is 0 Å². The molecule has 0 fully saturated rings. The quantitative estimate of drug-likeness (QED) is 0.0691. The monoisotopic (exact) mass is 824 g/mol. The van der Waals surface area contributed by atoms with Gasteiger partial charge >= 0.3 is 11.9 Å². The third-order valence-corrected chi connectivity index (χ3v) is 11.2. The van der Waals surface area contributed by atoms with Gasteiger partial charge in [-0.05, 0) is 62.4 Å². The zero-order valence-electron chi connectivity index (χ0n) is 30.5. The highest BCUT2D eigenvalue weighted by Crippen LogP contribution is 2.36. The van der Waals surface area contributed by atoms with Crippen LogP contribution in [-0.2, 0) is 28.5 Å². The Hall–Kier alpha value is -4.30. The first-order valence-electron chi connectivity index (χ1n) is 17.4. The molecule has 0 saturated heterocycles. The largest absolute Gasteiger partial charge is 0.482 e. The molecule has 2 heterocycles. The SMILES string of the molecule is CC(COCC(C)(C)COCC(C)OC(=O)COc1ccc(Cl)c2c(=O)c3ccccc3sc12)OC(=O)COc1cc(Cl)c2c(=O)c3ccccc3sc2c1. The summed E-state index contributed by atoms with van der Waals surface area (Å²) in [5.41, 5.74) is -0.739. The maximum Gasteiger partial charge on any atom is 0.344 e. The fraction of sp³-hybridized carbons (Fsp3) is 0.317. The van der Waals surface area contributed by atoms with Crippen molar-refractivity contribution in [1.82, 2.24) is 0 Å². The van der Waals surface area contributed by atoms with Crippen LogP contribution in [0.25, 0.3) is 40.3 Å². The van der Waals surface area contributed by atoms with Crippen LogP contribution in [0.15, 0.2) is 82.4 Å².